The summed E-state index contributed by atoms with van der Waals surface area (Å²) in [5, 5.41) is 8.04. The van der Waals surface area contributed by atoms with Crippen LogP contribution in [0, 0.1) is 0 Å². The lowest BCUT2D eigenvalue weighted by Crippen LogP contribution is -2.10. The second kappa shape index (κ2) is 5.42. The molecule has 0 aliphatic heterocycles. The summed E-state index contributed by atoms with van der Waals surface area (Å²) >= 11 is 0. The molecule has 2 heterocycles. The van der Waals surface area contributed by atoms with Crippen LogP contribution in [0.2, 0.25) is 0 Å². The smallest absolute Gasteiger partial charge is 0.326 e. The molecule has 0 saturated carbocycles. The van der Waals surface area contributed by atoms with Gasteiger partial charge in [-0.05, 0) is 17.7 Å². The van der Waals surface area contributed by atoms with Gasteiger partial charge >= 0.3 is 6.18 Å². The zero-order valence-electron chi connectivity index (χ0n) is 11.5. The van der Waals surface area contributed by atoms with Gasteiger partial charge in [0.2, 0.25) is 0 Å². The van der Waals surface area contributed by atoms with Crippen molar-refractivity contribution in [1.82, 2.24) is 14.6 Å². The van der Waals surface area contributed by atoms with Gasteiger partial charge in [-0.3, -0.25) is 4.40 Å². The molecule has 0 aliphatic rings. The third-order valence-corrected chi connectivity index (χ3v) is 3.48. The van der Waals surface area contributed by atoms with E-state index in [1.807, 2.05) is 6.07 Å². The molecule has 0 fully saturated rings. The van der Waals surface area contributed by atoms with Crippen LogP contribution in [-0.4, -0.2) is 14.6 Å². The third kappa shape index (κ3) is 2.55. The van der Waals surface area contributed by atoms with Gasteiger partial charge in [-0.1, -0.05) is 24.3 Å². The number of hydrogen-bond acceptors (Lipinski definition) is 3. The Morgan fingerprint density at radius 2 is 1.73 bits per heavy atom. The van der Waals surface area contributed by atoms with Crippen molar-refractivity contribution < 1.29 is 13.2 Å². The summed E-state index contributed by atoms with van der Waals surface area (Å²) < 4.78 is 40.8. The van der Waals surface area contributed by atoms with Crippen LogP contribution in [0.15, 0.2) is 42.6 Å². The lowest BCUT2D eigenvalue weighted by atomic mass is 10.0. The SMILES string of the molecule is NCc1cccn2c(Cc3ccccc3C(F)(F)F)nnc12. The minimum atomic E-state index is -4.39. The number of pyridine rings is 1. The summed E-state index contributed by atoms with van der Waals surface area (Å²) in [4.78, 5) is 0. The molecule has 0 atom stereocenters. The van der Waals surface area contributed by atoms with Crippen molar-refractivity contribution in [3.8, 4) is 0 Å². The van der Waals surface area contributed by atoms with Crippen LogP contribution in [0.4, 0.5) is 13.2 Å². The van der Waals surface area contributed by atoms with Crippen molar-refractivity contribution in [3.05, 3.63) is 65.1 Å². The molecule has 22 heavy (non-hydrogen) atoms. The van der Waals surface area contributed by atoms with Crippen LogP contribution in [0.3, 0.4) is 0 Å². The van der Waals surface area contributed by atoms with E-state index in [2.05, 4.69) is 10.2 Å². The van der Waals surface area contributed by atoms with Gasteiger partial charge < -0.3 is 5.73 Å². The van der Waals surface area contributed by atoms with Crippen LogP contribution in [-0.2, 0) is 19.1 Å². The molecule has 1 aromatic carbocycles. The third-order valence-electron chi connectivity index (χ3n) is 3.48. The van der Waals surface area contributed by atoms with E-state index in [4.69, 9.17) is 5.73 Å². The van der Waals surface area contributed by atoms with Gasteiger partial charge in [0.05, 0.1) is 5.56 Å². The second-order valence-electron chi connectivity index (χ2n) is 4.88. The van der Waals surface area contributed by atoms with Gasteiger partial charge in [0, 0.05) is 24.7 Å². The molecule has 2 aromatic heterocycles. The lowest BCUT2D eigenvalue weighted by Gasteiger charge is -2.11. The predicted molar refractivity (Wildman–Crippen MR) is 75.1 cm³/mol. The van der Waals surface area contributed by atoms with E-state index in [-0.39, 0.29) is 12.0 Å². The van der Waals surface area contributed by atoms with Crippen molar-refractivity contribution in [1.29, 1.82) is 0 Å². The number of alkyl halides is 3. The van der Waals surface area contributed by atoms with Gasteiger partial charge in [0.1, 0.15) is 5.82 Å². The molecule has 0 amide bonds. The minimum Gasteiger partial charge on any atom is -0.326 e. The summed E-state index contributed by atoms with van der Waals surface area (Å²) in [5.41, 5.74) is 6.52. The topological polar surface area (TPSA) is 56.2 Å². The van der Waals surface area contributed by atoms with Crippen molar-refractivity contribution in [2.75, 3.05) is 0 Å². The maximum Gasteiger partial charge on any atom is 0.416 e. The number of fused-ring (bicyclic) bond motifs is 1. The molecule has 0 saturated heterocycles. The molecule has 0 unspecified atom stereocenters. The van der Waals surface area contributed by atoms with Gasteiger partial charge in [-0.2, -0.15) is 13.2 Å². The first-order valence-corrected chi connectivity index (χ1v) is 6.67. The average Bonchev–Trinajstić information content (AvgIpc) is 2.90. The molecular formula is C15H13F3N4. The summed E-state index contributed by atoms with van der Waals surface area (Å²) in [6, 6.07) is 9.08. The fraction of sp³-hybridized carbons (Fsp3) is 0.200. The maximum absolute atomic E-state index is 13.1. The molecule has 7 heteroatoms. The Labute approximate surface area is 124 Å². The molecule has 0 aliphatic carbocycles. The van der Waals surface area contributed by atoms with E-state index in [9.17, 15) is 13.2 Å². The summed E-state index contributed by atoms with van der Waals surface area (Å²) in [6.45, 7) is 0.293. The Kier molecular flexibility index (Phi) is 3.58. The van der Waals surface area contributed by atoms with Crippen molar-refractivity contribution in [2.45, 2.75) is 19.1 Å². The molecule has 2 N–H and O–H groups in total. The number of nitrogens with two attached hydrogens (primary N) is 1. The monoisotopic (exact) mass is 306 g/mol. The average molecular weight is 306 g/mol. The van der Waals surface area contributed by atoms with Crippen molar-refractivity contribution in [2.24, 2.45) is 5.73 Å². The maximum atomic E-state index is 13.1. The number of hydrogen-bond donors (Lipinski definition) is 1. The Bertz CT molecular complexity index is 808. The number of halogens is 3. The van der Waals surface area contributed by atoms with Gasteiger partial charge in [-0.15, -0.1) is 10.2 Å². The highest BCUT2D eigenvalue weighted by atomic mass is 19.4. The lowest BCUT2D eigenvalue weighted by molar-refractivity contribution is -0.138. The summed E-state index contributed by atoms with van der Waals surface area (Å²) in [6.07, 6.45) is -2.62. The van der Waals surface area contributed by atoms with E-state index >= 15 is 0 Å². The van der Waals surface area contributed by atoms with Gasteiger partial charge in [-0.25, -0.2) is 0 Å². The number of aromatic nitrogens is 3. The van der Waals surface area contributed by atoms with Crippen molar-refractivity contribution >= 4 is 5.65 Å². The highest BCUT2D eigenvalue weighted by Gasteiger charge is 2.33. The number of nitrogens with zero attached hydrogens (tertiary/aromatic N) is 3. The second-order valence-corrected chi connectivity index (χ2v) is 4.88. The zero-order valence-corrected chi connectivity index (χ0v) is 11.5. The van der Waals surface area contributed by atoms with Crippen LogP contribution < -0.4 is 5.73 Å². The number of benzene rings is 1. The standard InChI is InChI=1S/C15H13F3N4/c16-15(17,18)12-6-2-1-4-10(12)8-13-20-21-14-11(9-19)5-3-7-22(13)14/h1-7H,8-9,19H2. The predicted octanol–water partition coefficient (Wildman–Crippen LogP) is 2.80. The molecular weight excluding hydrogens is 293 g/mol. The fourth-order valence-corrected chi connectivity index (χ4v) is 2.42. The van der Waals surface area contributed by atoms with E-state index in [1.54, 1.807) is 22.7 Å². The minimum absolute atomic E-state index is 0.0465. The van der Waals surface area contributed by atoms with E-state index in [1.165, 1.54) is 12.1 Å². The summed E-state index contributed by atoms with van der Waals surface area (Å²) in [7, 11) is 0. The molecule has 3 aromatic rings. The quantitative estimate of drug-likeness (QED) is 0.809. The first-order valence-electron chi connectivity index (χ1n) is 6.67. The van der Waals surface area contributed by atoms with Gasteiger partial charge in [0.25, 0.3) is 0 Å². The zero-order chi connectivity index (χ0) is 15.7. The normalized spacial score (nSPS) is 12.0. The Balaban J connectivity index is 2.05. The Morgan fingerprint density at radius 3 is 2.45 bits per heavy atom. The van der Waals surface area contributed by atoms with Crippen LogP contribution >= 0.6 is 0 Å². The van der Waals surface area contributed by atoms with Crippen LogP contribution in [0.25, 0.3) is 5.65 Å². The van der Waals surface area contributed by atoms with Crippen molar-refractivity contribution in [3.63, 3.8) is 0 Å². The molecule has 0 bridgehead atoms. The molecule has 114 valence electrons. The summed E-state index contributed by atoms with van der Waals surface area (Å²) in [5.74, 6) is 0.446. The molecule has 3 rings (SSSR count). The highest BCUT2D eigenvalue weighted by molar-refractivity contribution is 5.47. The van der Waals surface area contributed by atoms with Crippen LogP contribution in [0.1, 0.15) is 22.5 Å². The Hall–Kier alpha value is -2.41. The van der Waals surface area contributed by atoms with E-state index in [0.717, 1.165) is 11.6 Å². The van der Waals surface area contributed by atoms with Crippen LogP contribution in [0.5, 0.6) is 0 Å². The Morgan fingerprint density at radius 1 is 1.00 bits per heavy atom. The molecule has 0 radical (unpaired) electrons. The van der Waals surface area contributed by atoms with E-state index in [0.29, 0.717) is 18.0 Å². The highest BCUT2D eigenvalue weighted by Crippen LogP contribution is 2.32. The molecule has 0 spiro atoms. The first kappa shape index (κ1) is 14.5. The largest absolute Gasteiger partial charge is 0.416 e. The first-order chi connectivity index (χ1) is 10.5. The van der Waals surface area contributed by atoms with Gasteiger partial charge in [0.15, 0.2) is 5.65 Å². The fourth-order valence-electron chi connectivity index (χ4n) is 2.42. The van der Waals surface area contributed by atoms with E-state index < -0.39 is 11.7 Å². The number of rotatable bonds is 3. The molecule has 4 nitrogen and oxygen atoms in total.